The zero-order chi connectivity index (χ0) is 20.2. The maximum absolute atomic E-state index is 12.6. The van der Waals surface area contributed by atoms with Gasteiger partial charge >= 0.3 is 6.09 Å². The molecule has 1 rings (SSSR count). The number of rotatable bonds is 11. The van der Waals surface area contributed by atoms with E-state index in [9.17, 15) is 14.4 Å². The molecule has 0 saturated heterocycles. The van der Waals surface area contributed by atoms with Crippen LogP contribution in [-0.2, 0) is 20.9 Å². The molecule has 0 fully saturated rings. The van der Waals surface area contributed by atoms with Crippen LogP contribution in [0.25, 0.3) is 0 Å². The maximum atomic E-state index is 12.6. The van der Waals surface area contributed by atoms with Gasteiger partial charge in [0.25, 0.3) is 0 Å². The Kier molecular flexibility index (Phi) is 10.2. The smallest absolute Gasteiger partial charge is 0.408 e. The molecule has 0 aliphatic carbocycles. The highest BCUT2D eigenvalue weighted by Crippen LogP contribution is 2.09. The van der Waals surface area contributed by atoms with Crippen molar-refractivity contribution in [3.63, 3.8) is 0 Å². The maximum Gasteiger partial charge on any atom is 0.408 e. The van der Waals surface area contributed by atoms with E-state index in [4.69, 9.17) is 4.74 Å². The van der Waals surface area contributed by atoms with Crippen LogP contribution < -0.4 is 10.6 Å². The molecular formula is C21H32N2O4. The van der Waals surface area contributed by atoms with Crippen molar-refractivity contribution in [1.29, 1.82) is 0 Å². The van der Waals surface area contributed by atoms with Crippen LogP contribution in [0.5, 0.6) is 0 Å². The standard InChI is InChI=1S/C21H32N2O4/c1-15(2)10-11-18(13-24)22-20(25)19(12-16(3)4)23-21(26)27-14-17-8-6-5-7-9-17/h5-9,13,15-16,18-19H,10-12,14H2,1-4H3,(H,22,25)(H,23,26)/t18-,19-/m0/s1. The van der Waals surface area contributed by atoms with Gasteiger partial charge in [-0.25, -0.2) is 4.79 Å². The van der Waals surface area contributed by atoms with Gasteiger partial charge < -0.3 is 20.2 Å². The molecule has 0 saturated carbocycles. The quantitative estimate of drug-likeness (QED) is 0.579. The lowest BCUT2D eigenvalue weighted by Gasteiger charge is -2.22. The average Bonchev–Trinajstić information content (AvgIpc) is 2.63. The number of benzene rings is 1. The molecule has 0 spiro atoms. The number of carbonyl (C=O) groups is 3. The number of alkyl carbamates (subject to hydrolysis) is 1. The molecule has 6 heteroatoms. The third-order valence-electron chi connectivity index (χ3n) is 4.08. The first-order valence-corrected chi connectivity index (χ1v) is 9.54. The number of nitrogens with one attached hydrogen (secondary N) is 2. The Labute approximate surface area is 162 Å². The average molecular weight is 376 g/mol. The van der Waals surface area contributed by atoms with Crippen LogP contribution in [0.15, 0.2) is 30.3 Å². The molecule has 0 aliphatic rings. The van der Waals surface area contributed by atoms with Gasteiger partial charge in [0.1, 0.15) is 18.9 Å². The highest BCUT2D eigenvalue weighted by molar-refractivity contribution is 5.87. The van der Waals surface area contributed by atoms with Crippen molar-refractivity contribution in [3.8, 4) is 0 Å². The minimum absolute atomic E-state index is 0.133. The first-order valence-electron chi connectivity index (χ1n) is 9.54. The van der Waals surface area contributed by atoms with Crippen molar-refractivity contribution >= 4 is 18.3 Å². The number of ether oxygens (including phenoxy) is 1. The highest BCUT2D eigenvalue weighted by atomic mass is 16.5. The second-order valence-electron chi connectivity index (χ2n) is 7.61. The van der Waals surface area contributed by atoms with Crippen LogP contribution in [0.2, 0.25) is 0 Å². The Bertz CT molecular complexity index is 587. The molecule has 0 heterocycles. The first-order chi connectivity index (χ1) is 12.8. The van der Waals surface area contributed by atoms with Crippen molar-refractivity contribution in [1.82, 2.24) is 10.6 Å². The highest BCUT2D eigenvalue weighted by Gasteiger charge is 2.24. The zero-order valence-electron chi connectivity index (χ0n) is 16.7. The van der Waals surface area contributed by atoms with Crippen molar-refractivity contribution in [2.75, 3.05) is 0 Å². The molecule has 0 aromatic heterocycles. The Morgan fingerprint density at radius 1 is 1.00 bits per heavy atom. The molecule has 0 aliphatic heterocycles. The van der Waals surface area contributed by atoms with Gasteiger partial charge in [-0.05, 0) is 36.7 Å². The molecule has 2 amide bonds. The van der Waals surface area contributed by atoms with Crippen molar-refractivity contribution in [2.45, 2.75) is 65.6 Å². The van der Waals surface area contributed by atoms with Crippen LogP contribution in [0.3, 0.4) is 0 Å². The summed E-state index contributed by atoms with van der Waals surface area (Å²) in [7, 11) is 0. The van der Waals surface area contributed by atoms with Crippen LogP contribution in [0.4, 0.5) is 4.79 Å². The van der Waals surface area contributed by atoms with Crippen molar-refractivity contribution < 1.29 is 19.1 Å². The second-order valence-corrected chi connectivity index (χ2v) is 7.61. The topological polar surface area (TPSA) is 84.5 Å². The van der Waals surface area contributed by atoms with E-state index in [2.05, 4.69) is 24.5 Å². The van der Waals surface area contributed by atoms with Gasteiger partial charge in [0.15, 0.2) is 0 Å². The lowest BCUT2D eigenvalue weighted by Crippen LogP contribution is -2.50. The van der Waals surface area contributed by atoms with Gasteiger partial charge in [-0.3, -0.25) is 4.79 Å². The zero-order valence-corrected chi connectivity index (χ0v) is 16.7. The van der Waals surface area contributed by atoms with E-state index in [1.54, 1.807) is 0 Å². The summed E-state index contributed by atoms with van der Waals surface area (Å²) in [6.07, 6.45) is 1.98. The fraction of sp³-hybridized carbons (Fsp3) is 0.571. The predicted octanol–water partition coefficient (Wildman–Crippen LogP) is 3.45. The van der Waals surface area contributed by atoms with Gasteiger partial charge in [0.2, 0.25) is 5.91 Å². The van der Waals surface area contributed by atoms with Gasteiger partial charge in [-0.15, -0.1) is 0 Å². The molecule has 0 unspecified atom stereocenters. The molecule has 2 atom stereocenters. The summed E-state index contributed by atoms with van der Waals surface area (Å²) in [6, 6.07) is 8.04. The SMILES string of the molecule is CC(C)CC[C@@H](C=O)NC(=O)[C@H](CC(C)C)NC(=O)OCc1ccccc1. The largest absolute Gasteiger partial charge is 0.445 e. The van der Waals surface area contributed by atoms with E-state index in [-0.39, 0.29) is 18.4 Å². The van der Waals surface area contributed by atoms with E-state index in [0.29, 0.717) is 18.8 Å². The minimum atomic E-state index is -0.741. The monoisotopic (exact) mass is 376 g/mol. The lowest BCUT2D eigenvalue weighted by atomic mass is 10.0. The summed E-state index contributed by atoms with van der Waals surface area (Å²) >= 11 is 0. The fourth-order valence-electron chi connectivity index (χ4n) is 2.58. The molecule has 6 nitrogen and oxygen atoms in total. The molecule has 0 radical (unpaired) electrons. The van der Waals surface area contributed by atoms with E-state index in [1.165, 1.54) is 0 Å². The molecule has 1 aromatic rings. The molecule has 2 N–H and O–H groups in total. The Morgan fingerprint density at radius 3 is 2.22 bits per heavy atom. The minimum Gasteiger partial charge on any atom is -0.445 e. The number of carbonyl (C=O) groups excluding carboxylic acids is 3. The summed E-state index contributed by atoms with van der Waals surface area (Å²) in [6.45, 7) is 8.19. The van der Waals surface area contributed by atoms with Crippen LogP contribution in [0.1, 0.15) is 52.5 Å². The molecule has 0 bridgehead atoms. The van der Waals surface area contributed by atoms with E-state index < -0.39 is 18.2 Å². The third-order valence-corrected chi connectivity index (χ3v) is 4.08. The summed E-state index contributed by atoms with van der Waals surface area (Å²) < 4.78 is 5.20. The van der Waals surface area contributed by atoms with Crippen LogP contribution in [-0.4, -0.2) is 30.4 Å². The summed E-state index contributed by atoms with van der Waals surface area (Å²) in [5.74, 6) is 0.281. The summed E-state index contributed by atoms with van der Waals surface area (Å²) in [4.78, 5) is 35.9. The lowest BCUT2D eigenvalue weighted by molar-refractivity contribution is -0.126. The van der Waals surface area contributed by atoms with Gasteiger partial charge in [-0.1, -0.05) is 58.0 Å². The summed E-state index contributed by atoms with van der Waals surface area (Å²) in [5.41, 5.74) is 0.868. The van der Waals surface area contributed by atoms with E-state index >= 15 is 0 Å². The van der Waals surface area contributed by atoms with Crippen molar-refractivity contribution in [3.05, 3.63) is 35.9 Å². The first kappa shape index (κ1) is 22.7. The number of hydrogen-bond acceptors (Lipinski definition) is 4. The Hall–Kier alpha value is -2.37. The molecule has 150 valence electrons. The fourth-order valence-corrected chi connectivity index (χ4v) is 2.58. The van der Waals surface area contributed by atoms with Crippen LogP contribution >= 0.6 is 0 Å². The molecule has 1 aromatic carbocycles. The van der Waals surface area contributed by atoms with Crippen molar-refractivity contribution in [2.24, 2.45) is 11.8 Å². The third kappa shape index (κ3) is 9.78. The Balaban J connectivity index is 2.60. The number of aldehydes is 1. The summed E-state index contributed by atoms with van der Waals surface area (Å²) in [5, 5.41) is 5.35. The van der Waals surface area contributed by atoms with E-state index in [0.717, 1.165) is 18.3 Å². The molecule has 27 heavy (non-hydrogen) atoms. The number of hydrogen-bond donors (Lipinski definition) is 2. The normalized spacial score (nSPS) is 13.1. The number of amides is 2. The Morgan fingerprint density at radius 2 is 1.67 bits per heavy atom. The van der Waals surface area contributed by atoms with Crippen LogP contribution in [0, 0.1) is 11.8 Å². The van der Waals surface area contributed by atoms with E-state index in [1.807, 2.05) is 44.2 Å². The predicted molar refractivity (Wildman–Crippen MR) is 105 cm³/mol. The van der Waals surface area contributed by atoms with Gasteiger partial charge in [0.05, 0.1) is 6.04 Å². The molecular weight excluding hydrogens is 344 g/mol. The van der Waals surface area contributed by atoms with Gasteiger partial charge in [0, 0.05) is 0 Å². The van der Waals surface area contributed by atoms with Gasteiger partial charge in [-0.2, -0.15) is 0 Å². The second kappa shape index (κ2) is 12.1.